The molecule has 4 nitrogen and oxygen atoms in total. The van der Waals surface area contributed by atoms with Crippen molar-refractivity contribution < 1.29 is 13.9 Å². The van der Waals surface area contributed by atoms with E-state index in [1.807, 2.05) is 13.8 Å². The zero-order chi connectivity index (χ0) is 13.8. The van der Waals surface area contributed by atoms with E-state index in [0.717, 1.165) is 5.56 Å². The third-order valence-electron chi connectivity index (χ3n) is 2.72. The number of carbonyl (C=O) groups is 1. The van der Waals surface area contributed by atoms with Gasteiger partial charge in [-0.1, -0.05) is 19.9 Å². The topological polar surface area (TPSA) is 64.3 Å². The maximum absolute atomic E-state index is 13.7. The van der Waals surface area contributed by atoms with Crippen LogP contribution < -0.4 is 15.8 Å². The number of carbonyl (C=O) groups excluding carboxylic acids is 1. The monoisotopic (exact) mass is 254 g/mol. The van der Waals surface area contributed by atoms with E-state index < -0.39 is 17.3 Å². The number of benzene rings is 1. The van der Waals surface area contributed by atoms with Gasteiger partial charge >= 0.3 is 6.03 Å². The lowest BCUT2D eigenvalue weighted by molar-refractivity contribution is 0.246. The Labute approximate surface area is 106 Å². The quantitative estimate of drug-likeness (QED) is 0.845. The molecule has 2 amide bonds. The molecule has 0 saturated heterocycles. The van der Waals surface area contributed by atoms with Gasteiger partial charge in [-0.25, -0.2) is 9.18 Å². The average Bonchev–Trinajstić information content (AvgIpc) is 2.29. The Morgan fingerprint density at radius 1 is 1.50 bits per heavy atom. The number of nitrogens with two attached hydrogens (primary N) is 1. The largest absolute Gasteiger partial charge is 0.491 e. The number of ether oxygens (including phenoxy) is 1. The number of nitrogens with one attached hydrogen (secondary N) is 1. The summed E-state index contributed by atoms with van der Waals surface area (Å²) >= 11 is 0. The molecule has 0 atom stereocenters. The van der Waals surface area contributed by atoms with Crippen molar-refractivity contribution in [3.63, 3.8) is 0 Å². The van der Waals surface area contributed by atoms with Crippen LogP contribution in [-0.2, 0) is 5.41 Å². The van der Waals surface area contributed by atoms with E-state index in [1.165, 1.54) is 6.07 Å². The van der Waals surface area contributed by atoms with E-state index in [1.54, 1.807) is 19.1 Å². The molecule has 0 aliphatic heterocycles. The number of primary amides is 1. The van der Waals surface area contributed by atoms with Gasteiger partial charge in [-0.05, 0) is 24.6 Å². The fraction of sp³-hybridized carbons (Fsp3) is 0.462. The molecule has 1 aromatic carbocycles. The van der Waals surface area contributed by atoms with Gasteiger partial charge in [0.25, 0.3) is 0 Å². The molecule has 0 bridgehead atoms. The van der Waals surface area contributed by atoms with Crippen LogP contribution in [0.1, 0.15) is 26.3 Å². The highest BCUT2D eigenvalue weighted by Crippen LogP contribution is 2.27. The standard InChI is InChI=1S/C13H19FN2O2/c1-4-18-11-6-5-9(7-10(11)14)13(2,3)8-16-12(15)17/h5-7H,4,8H2,1-3H3,(H3,15,16,17). The Hall–Kier alpha value is -1.78. The van der Waals surface area contributed by atoms with Crippen molar-refractivity contribution in [2.24, 2.45) is 5.73 Å². The van der Waals surface area contributed by atoms with Gasteiger partial charge in [-0.2, -0.15) is 0 Å². The molecule has 0 saturated carbocycles. The lowest BCUT2D eigenvalue weighted by Crippen LogP contribution is -2.39. The fourth-order valence-corrected chi connectivity index (χ4v) is 1.60. The van der Waals surface area contributed by atoms with E-state index in [9.17, 15) is 9.18 Å². The first kappa shape index (κ1) is 14.3. The Morgan fingerprint density at radius 2 is 2.17 bits per heavy atom. The van der Waals surface area contributed by atoms with Crippen molar-refractivity contribution in [3.05, 3.63) is 29.6 Å². The zero-order valence-electron chi connectivity index (χ0n) is 10.9. The van der Waals surface area contributed by atoms with Gasteiger partial charge in [0.2, 0.25) is 0 Å². The van der Waals surface area contributed by atoms with Gasteiger partial charge in [0.1, 0.15) is 0 Å². The molecule has 0 aliphatic rings. The Kier molecular flexibility index (Phi) is 4.53. The summed E-state index contributed by atoms with van der Waals surface area (Å²) in [5.41, 5.74) is 5.40. The third kappa shape index (κ3) is 3.61. The van der Waals surface area contributed by atoms with Crippen LogP contribution in [0.4, 0.5) is 9.18 Å². The molecule has 1 rings (SSSR count). The molecular weight excluding hydrogens is 235 g/mol. The molecule has 0 unspecified atom stereocenters. The van der Waals surface area contributed by atoms with Gasteiger partial charge in [-0.3, -0.25) is 0 Å². The minimum Gasteiger partial charge on any atom is -0.491 e. The Bertz CT molecular complexity index is 433. The van der Waals surface area contributed by atoms with Gasteiger partial charge < -0.3 is 15.8 Å². The molecule has 0 aromatic heterocycles. The summed E-state index contributed by atoms with van der Waals surface area (Å²) in [6.45, 7) is 6.36. The molecule has 0 fully saturated rings. The summed E-state index contributed by atoms with van der Waals surface area (Å²) in [5.74, 6) is -0.165. The first-order chi connectivity index (χ1) is 8.36. The number of hydrogen-bond acceptors (Lipinski definition) is 2. The van der Waals surface area contributed by atoms with E-state index in [2.05, 4.69) is 5.32 Å². The lowest BCUT2D eigenvalue weighted by Gasteiger charge is -2.25. The smallest absolute Gasteiger partial charge is 0.312 e. The molecule has 18 heavy (non-hydrogen) atoms. The summed E-state index contributed by atoms with van der Waals surface area (Å²) in [4.78, 5) is 10.7. The van der Waals surface area contributed by atoms with E-state index in [-0.39, 0.29) is 5.75 Å². The van der Waals surface area contributed by atoms with Gasteiger partial charge in [0.15, 0.2) is 11.6 Å². The lowest BCUT2D eigenvalue weighted by atomic mass is 9.84. The minimum atomic E-state index is -0.588. The molecule has 5 heteroatoms. The van der Waals surface area contributed by atoms with Crippen LogP contribution in [-0.4, -0.2) is 19.2 Å². The molecule has 0 spiro atoms. The van der Waals surface area contributed by atoms with Crippen molar-refractivity contribution >= 4 is 6.03 Å². The number of hydrogen-bond donors (Lipinski definition) is 2. The maximum atomic E-state index is 13.7. The first-order valence-electron chi connectivity index (χ1n) is 5.83. The minimum absolute atomic E-state index is 0.236. The predicted octanol–water partition coefficient (Wildman–Crippen LogP) is 2.17. The van der Waals surface area contributed by atoms with Crippen LogP contribution in [0.15, 0.2) is 18.2 Å². The second kappa shape index (κ2) is 5.71. The normalized spacial score (nSPS) is 11.1. The van der Waals surface area contributed by atoms with Crippen LogP contribution in [0.5, 0.6) is 5.75 Å². The van der Waals surface area contributed by atoms with E-state index >= 15 is 0 Å². The highest BCUT2D eigenvalue weighted by molar-refractivity contribution is 5.71. The van der Waals surface area contributed by atoms with Crippen LogP contribution in [0.3, 0.4) is 0 Å². The van der Waals surface area contributed by atoms with Gasteiger partial charge in [0.05, 0.1) is 6.61 Å². The van der Waals surface area contributed by atoms with Crippen LogP contribution in [0.2, 0.25) is 0 Å². The number of amides is 2. The fourth-order valence-electron chi connectivity index (χ4n) is 1.60. The number of halogens is 1. The average molecular weight is 254 g/mol. The third-order valence-corrected chi connectivity index (χ3v) is 2.72. The van der Waals surface area contributed by atoms with E-state index in [4.69, 9.17) is 10.5 Å². The second-order valence-electron chi connectivity index (χ2n) is 4.68. The molecule has 1 aromatic rings. The summed E-state index contributed by atoms with van der Waals surface area (Å²) in [6.07, 6.45) is 0. The molecule has 0 aliphatic carbocycles. The molecule has 0 radical (unpaired) electrons. The SMILES string of the molecule is CCOc1ccc(C(C)(C)CNC(N)=O)cc1F. The highest BCUT2D eigenvalue weighted by atomic mass is 19.1. The van der Waals surface area contributed by atoms with Crippen molar-refractivity contribution in [3.8, 4) is 5.75 Å². The summed E-state index contributed by atoms with van der Waals surface area (Å²) in [6, 6.07) is 4.22. The van der Waals surface area contributed by atoms with Gasteiger partial charge in [0, 0.05) is 12.0 Å². The zero-order valence-corrected chi connectivity index (χ0v) is 10.9. The van der Waals surface area contributed by atoms with Crippen molar-refractivity contribution in [1.29, 1.82) is 0 Å². The molecular formula is C13H19FN2O2. The maximum Gasteiger partial charge on any atom is 0.312 e. The highest BCUT2D eigenvalue weighted by Gasteiger charge is 2.22. The van der Waals surface area contributed by atoms with Crippen molar-refractivity contribution in [1.82, 2.24) is 5.32 Å². The van der Waals surface area contributed by atoms with Crippen molar-refractivity contribution in [2.45, 2.75) is 26.2 Å². The molecule has 100 valence electrons. The van der Waals surface area contributed by atoms with Crippen LogP contribution in [0, 0.1) is 5.82 Å². The van der Waals surface area contributed by atoms with E-state index in [0.29, 0.717) is 13.2 Å². The second-order valence-corrected chi connectivity index (χ2v) is 4.68. The Balaban J connectivity index is 2.88. The molecule has 3 N–H and O–H groups in total. The number of rotatable bonds is 5. The molecule has 0 heterocycles. The predicted molar refractivity (Wildman–Crippen MR) is 68.2 cm³/mol. The van der Waals surface area contributed by atoms with Crippen LogP contribution in [0.25, 0.3) is 0 Å². The van der Waals surface area contributed by atoms with Crippen molar-refractivity contribution in [2.75, 3.05) is 13.2 Å². The Morgan fingerprint density at radius 3 is 2.67 bits per heavy atom. The summed E-state index contributed by atoms with van der Waals surface area (Å²) < 4.78 is 18.9. The summed E-state index contributed by atoms with van der Waals surface area (Å²) in [7, 11) is 0. The van der Waals surface area contributed by atoms with Crippen LogP contribution >= 0.6 is 0 Å². The summed E-state index contributed by atoms with van der Waals surface area (Å²) in [5, 5.41) is 2.53. The number of urea groups is 1. The van der Waals surface area contributed by atoms with Gasteiger partial charge in [-0.15, -0.1) is 0 Å². The first-order valence-corrected chi connectivity index (χ1v) is 5.83.